The van der Waals surface area contributed by atoms with E-state index in [1.54, 1.807) is 6.07 Å². The van der Waals surface area contributed by atoms with Crippen molar-refractivity contribution in [2.24, 2.45) is 0 Å². The highest BCUT2D eigenvalue weighted by molar-refractivity contribution is 8.01. The minimum absolute atomic E-state index is 0.0201. The lowest BCUT2D eigenvalue weighted by Crippen LogP contribution is -2.36. The average molecular weight is 367 g/mol. The normalized spacial score (nSPS) is 20.2. The van der Waals surface area contributed by atoms with Gasteiger partial charge in [-0.05, 0) is 24.6 Å². The summed E-state index contributed by atoms with van der Waals surface area (Å²) >= 11 is 2.86. The summed E-state index contributed by atoms with van der Waals surface area (Å²) in [6.45, 7) is 0.420. The molecule has 0 bridgehead atoms. The van der Waals surface area contributed by atoms with E-state index in [0.717, 1.165) is 20.2 Å². The van der Waals surface area contributed by atoms with Crippen LogP contribution in [0, 0.1) is 0 Å². The molecule has 0 radical (unpaired) electrons. The maximum atomic E-state index is 12.0. The fourth-order valence-corrected chi connectivity index (χ4v) is 4.37. The number of carbonyl (C=O) groups excluding carboxylic acids is 2. The fourth-order valence-electron chi connectivity index (χ4n) is 2.45. The van der Waals surface area contributed by atoms with Crippen molar-refractivity contribution in [2.45, 2.75) is 22.9 Å². The predicted octanol–water partition coefficient (Wildman–Crippen LogP) is 1.22. The van der Waals surface area contributed by atoms with Crippen molar-refractivity contribution in [1.82, 2.24) is 10.3 Å². The molecule has 2 amide bonds. The second-order valence-electron chi connectivity index (χ2n) is 5.35. The van der Waals surface area contributed by atoms with Gasteiger partial charge in [0.15, 0.2) is 4.34 Å². The van der Waals surface area contributed by atoms with Crippen LogP contribution in [-0.2, 0) is 14.3 Å². The van der Waals surface area contributed by atoms with E-state index in [1.165, 1.54) is 23.1 Å². The molecular weight excluding hydrogens is 350 g/mol. The van der Waals surface area contributed by atoms with Gasteiger partial charge in [0, 0.05) is 5.69 Å². The van der Waals surface area contributed by atoms with E-state index in [0.29, 0.717) is 19.4 Å². The van der Waals surface area contributed by atoms with E-state index in [2.05, 4.69) is 15.6 Å². The van der Waals surface area contributed by atoms with Gasteiger partial charge in [0.25, 0.3) is 0 Å². The molecule has 0 spiro atoms. The molecule has 1 aromatic carbocycles. The van der Waals surface area contributed by atoms with Crippen LogP contribution in [0.2, 0.25) is 0 Å². The van der Waals surface area contributed by atoms with E-state index in [-0.39, 0.29) is 30.4 Å². The Balaban J connectivity index is 1.53. The van der Waals surface area contributed by atoms with Crippen molar-refractivity contribution in [1.29, 1.82) is 0 Å². The molecular formula is C15H17N3O4S2. The zero-order chi connectivity index (χ0) is 16.9. The molecule has 1 aliphatic heterocycles. The third kappa shape index (κ3) is 4.23. The zero-order valence-corrected chi connectivity index (χ0v) is 14.4. The molecule has 1 aromatic heterocycles. The van der Waals surface area contributed by atoms with Crippen molar-refractivity contribution in [3.05, 3.63) is 18.2 Å². The van der Waals surface area contributed by atoms with Crippen molar-refractivity contribution in [3.8, 4) is 0 Å². The Bertz CT molecular complexity index is 737. The molecule has 1 saturated heterocycles. The van der Waals surface area contributed by atoms with Crippen molar-refractivity contribution >= 4 is 51.3 Å². The monoisotopic (exact) mass is 367 g/mol. The Kier molecular flexibility index (Phi) is 5.67. The molecule has 3 rings (SSSR count). The number of thioether (sulfide) groups is 1. The SMILES string of the molecule is O=CNc1ccc2nc(SCC(=O)N[C@@H]3CO[C@H](CO)C3)sc2c1. The lowest BCUT2D eigenvalue weighted by molar-refractivity contribution is -0.119. The molecule has 1 fully saturated rings. The molecule has 0 saturated carbocycles. The number of aromatic nitrogens is 1. The van der Waals surface area contributed by atoms with Gasteiger partial charge in [-0.3, -0.25) is 9.59 Å². The van der Waals surface area contributed by atoms with Crippen LogP contribution in [0.1, 0.15) is 6.42 Å². The largest absolute Gasteiger partial charge is 0.394 e. The van der Waals surface area contributed by atoms with Crippen molar-refractivity contribution in [3.63, 3.8) is 0 Å². The minimum atomic E-state index is -0.179. The van der Waals surface area contributed by atoms with Crippen LogP contribution in [0.5, 0.6) is 0 Å². The first kappa shape index (κ1) is 17.2. The molecule has 1 aliphatic rings. The number of fused-ring (bicyclic) bond motifs is 1. The molecule has 24 heavy (non-hydrogen) atoms. The number of thiazole rings is 1. The van der Waals surface area contributed by atoms with Gasteiger partial charge in [0.1, 0.15) is 0 Å². The molecule has 3 N–H and O–H groups in total. The van der Waals surface area contributed by atoms with Crippen LogP contribution in [0.15, 0.2) is 22.5 Å². The number of ether oxygens (including phenoxy) is 1. The summed E-state index contributed by atoms with van der Waals surface area (Å²) in [6, 6.07) is 5.45. The number of hydrogen-bond donors (Lipinski definition) is 3. The van der Waals surface area contributed by atoms with Gasteiger partial charge in [-0.15, -0.1) is 11.3 Å². The Hall–Kier alpha value is -1.68. The number of anilines is 1. The van der Waals surface area contributed by atoms with Crippen molar-refractivity contribution in [2.75, 3.05) is 24.3 Å². The van der Waals surface area contributed by atoms with Gasteiger partial charge in [-0.1, -0.05) is 11.8 Å². The molecule has 2 aromatic rings. The van der Waals surface area contributed by atoms with Crippen LogP contribution in [0.4, 0.5) is 5.69 Å². The number of rotatable bonds is 7. The second kappa shape index (κ2) is 7.93. The maximum Gasteiger partial charge on any atom is 0.230 e. The molecule has 128 valence electrons. The average Bonchev–Trinajstić information content (AvgIpc) is 3.19. The third-order valence-corrected chi connectivity index (χ3v) is 5.73. The number of aliphatic hydroxyl groups is 1. The van der Waals surface area contributed by atoms with Gasteiger partial charge < -0.3 is 20.5 Å². The summed E-state index contributed by atoms with van der Waals surface area (Å²) in [5.41, 5.74) is 1.56. The van der Waals surface area contributed by atoms with E-state index >= 15 is 0 Å². The molecule has 2 atom stereocenters. The van der Waals surface area contributed by atoms with E-state index < -0.39 is 0 Å². The van der Waals surface area contributed by atoms with Crippen LogP contribution < -0.4 is 10.6 Å². The van der Waals surface area contributed by atoms with Gasteiger partial charge in [0.05, 0.1) is 41.3 Å². The number of hydrogen-bond acceptors (Lipinski definition) is 7. The third-order valence-electron chi connectivity index (χ3n) is 3.57. The Morgan fingerprint density at radius 2 is 2.42 bits per heavy atom. The number of aliphatic hydroxyl groups excluding tert-OH is 1. The van der Waals surface area contributed by atoms with Crippen LogP contribution in [0.3, 0.4) is 0 Å². The summed E-state index contributed by atoms with van der Waals surface area (Å²) in [5, 5.41) is 14.5. The first-order chi connectivity index (χ1) is 11.7. The fraction of sp³-hybridized carbons (Fsp3) is 0.400. The van der Waals surface area contributed by atoms with E-state index in [1.807, 2.05) is 12.1 Å². The minimum Gasteiger partial charge on any atom is -0.394 e. The highest BCUT2D eigenvalue weighted by Crippen LogP contribution is 2.31. The lowest BCUT2D eigenvalue weighted by Gasteiger charge is -2.09. The summed E-state index contributed by atoms with van der Waals surface area (Å²) < 4.78 is 7.10. The van der Waals surface area contributed by atoms with Gasteiger partial charge in [-0.2, -0.15) is 0 Å². The van der Waals surface area contributed by atoms with Crippen LogP contribution in [-0.4, -0.2) is 53.5 Å². The summed E-state index contributed by atoms with van der Waals surface area (Å²) in [7, 11) is 0. The number of carbonyl (C=O) groups is 2. The summed E-state index contributed by atoms with van der Waals surface area (Å²) in [4.78, 5) is 27.0. The van der Waals surface area contributed by atoms with Crippen LogP contribution >= 0.6 is 23.1 Å². The Labute approximate surface area is 146 Å². The quantitative estimate of drug-likeness (QED) is 0.503. The molecule has 7 nitrogen and oxygen atoms in total. The number of amides is 2. The first-order valence-electron chi connectivity index (χ1n) is 7.43. The zero-order valence-electron chi connectivity index (χ0n) is 12.7. The smallest absolute Gasteiger partial charge is 0.230 e. The van der Waals surface area contributed by atoms with Gasteiger partial charge >= 0.3 is 0 Å². The molecule has 9 heteroatoms. The number of nitrogens with one attached hydrogen (secondary N) is 2. The van der Waals surface area contributed by atoms with E-state index in [9.17, 15) is 9.59 Å². The van der Waals surface area contributed by atoms with E-state index in [4.69, 9.17) is 9.84 Å². The van der Waals surface area contributed by atoms with Crippen LogP contribution in [0.25, 0.3) is 10.2 Å². The Morgan fingerprint density at radius 1 is 1.54 bits per heavy atom. The molecule has 0 aliphatic carbocycles. The second-order valence-corrected chi connectivity index (χ2v) is 7.60. The van der Waals surface area contributed by atoms with Crippen molar-refractivity contribution < 1.29 is 19.4 Å². The number of nitrogens with zero attached hydrogens (tertiary/aromatic N) is 1. The Morgan fingerprint density at radius 3 is 3.17 bits per heavy atom. The molecule has 2 heterocycles. The van der Waals surface area contributed by atoms with Gasteiger partial charge in [0.2, 0.25) is 12.3 Å². The van der Waals surface area contributed by atoms with Gasteiger partial charge in [-0.25, -0.2) is 4.98 Å². The predicted molar refractivity (Wildman–Crippen MR) is 93.4 cm³/mol. The summed E-state index contributed by atoms with van der Waals surface area (Å²) in [6.07, 6.45) is 1.10. The number of benzene rings is 1. The topological polar surface area (TPSA) is 101 Å². The standard InChI is InChI=1S/C15H17N3O4S2/c19-5-11-3-10(6-22-11)17-14(21)7-23-15-18-12-2-1-9(16-8-20)4-13(12)24-15/h1-2,4,8,10-11,19H,3,5-7H2,(H,16,20)(H,17,21)/t10-,11-/m0/s1. The lowest BCUT2D eigenvalue weighted by atomic mass is 10.2. The summed E-state index contributed by atoms with van der Waals surface area (Å²) in [5.74, 6) is 0.203. The highest BCUT2D eigenvalue weighted by atomic mass is 32.2. The highest BCUT2D eigenvalue weighted by Gasteiger charge is 2.26. The first-order valence-corrected chi connectivity index (χ1v) is 9.23. The maximum absolute atomic E-state index is 12.0. The molecule has 0 unspecified atom stereocenters.